The summed E-state index contributed by atoms with van der Waals surface area (Å²) < 4.78 is 45.2. The van der Waals surface area contributed by atoms with E-state index in [2.05, 4.69) is 4.74 Å². The van der Waals surface area contributed by atoms with E-state index in [0.29, 0.717) is 10.4 Å². The Labute approximate surface area is 135 Å². The third kappa shape index (κ3) is 4.79. The molecule has 0 saturated heterocycles. The Balaban J connectivity index is 0.000000185. The first-order chi connectivity index (χ1) is 10.9. The number of fused-ring (bicyclic) bond motifs is 1. The summed E-state index contributed by atoms with van der Waals surface area (Å²) >= 11 is 1.23. The highest BCUT2D eigenvalue weighted by molar-refractivity contribution is 7.17. The van der Waals surface area contributed by atoms with Gasteiger partial charge in [-0.2, -0.15) is 0 Å². The van der Waals surface area contributed by atoms with Gasteiger partial charge >= 0.3 is 6.36 Å². The van der Waals surface area contributed by atoms with Gasteiger partial charge in [-0.3, -0.25) is 0 Å². The van der Waals surface area contributed by atoms with E-state index < -0.39 is 6.36 Å². The molecular weight excluding hydrogens is 327 g/mol. The van der Waals surface area contributed by atoms with E-state index in [4.69, 9.17) is 10.5 Å². The van der Waals surface area contributed by atoms with Crippen molar-refractivity contribution in [3.8, 4) is 11.5 Å². The fourth-order valence-corrected chi connectivity index (χ4v) is 2.69. The summed E-state index contributed by atoms with van der Waals surface area (Å²) in [5.41, 5.74) is 6.19. The summed E-state index contributed by atoms with van der Waals surface area (Å²) in [4.78, 5) is 0. The van der Waals surface area contributed by atoms with Crippen molar-refractivity contribution >= 4 is 27.1 Å². The second kappa shape index (κ2) is 7.23. The second-order valence-corrected chi connectivity index (χ2v) is 5.30. The van der Waals surface area contributed by atoms with Gasteiger partial charge < -0.3 is 15.2 Å². The molecule has 0 fully saturated rings. The maximum atomic E-state index is 12.0. The first-order valence-corrected chi connectivity index (χ1v) is 7.39. The Hall–Kier alpha value is -2.41. The monoisotopic (exact) mass is 341 g/mol. The summed E-state index contributed by atoms with van der Waals surface area (Å²) in [7, 11) is 1.60. The molecule has 2 N–H and O–H groups in total. The number of para-hydroxylation sites is 2. The molecule has 0 spiro atoms. The van der Waals surface area contributed by atoms with Crippen LogP contribution in [-0.4, -0.2) is 13.5 Å². The van der Waals surface area contributed by atoms with Crippen molar-refractivity contribution in [2.75, 3.05) is 12.8 Å². The van der Waals surface area contributed by atoms with Gasteiger partial charge in [0.2, 0.25) is 0 Å². The van der Waals surface area contributed by atoms with Crippen LogP contribution in [0.15, 0.2) is 53.9 Å². The largest absolute Gasteiger partial charge is 0.573 e. The number of halogens is 3. The number of nitrogen functional groups attached to an aromatic ring is 1. The molecule has 23 heavy (non-hydrogen) atoms. The predicted octanol–water partition coefficient (Wildman–Crippen LogP) is 5.08. The van der Waals surface area contributed by atoms with Crippen molar-refractivity contribution in [3.63, 3.8) is 0 Å². The van der Waals surface area contributed by atoms with Crippen LogP contribution in [0, 0.1) is 0 Å². The number of alkyl halides is 3. The van der Waals surface area contributed by atoms with Crippen LogP contribution < -0.4 is 15.2 Å². The smallest absolute Gasteiger partial charge is 0.495 e. The number of nitrogens with two attached hydrogens (primary N) is 1. The Morgan fingerprint density at radius 1 is 0.957 bits per heavy atom. The summed E-state index contributed by atoms with van der Waals surface area (Å²) in [5.74, 6) is 0.600. The molecule has 3 nitrogen and oxygen atoms in total. The molecule has 0 unspecified atom stereocenters. The molecule has 0 aliphatic heterocycles. The molecule has 122 valence electrons. The molecular formula is C16H14F3NO2S. The minimum Gasteiger partial charge on any atom is -0.495 e. The van der Waals surface area contributed by atoms with E-state index in [1.165, 1.54) is 23.5 Å². The predicted molar refractivity (Wildman–Crippen MR) is 85.9 cm³/mol. The zero-order valence-electron chi connectivity index (χ0n) is 12.1. The van der Waals surface area contributed by atoms with Crippen molar-refractivity contribution in [2.45, 2.75) is 6.36 Å². The Kier molecular flexibility index (Phi) is 5.33. The molecule has 1 heterocycles. The van der Waals surface area contributed by atoms with E-state index in [-0.39, 0.29) is 5.75 Å². The van der Waals surface area contributed by atoms with Gasteiger partial charge in [0.05, 0.1) is 17.5 Å². The molecule has 3 rings (SSSR count). The average molecular weight is 341 g/mol. The number of methoxy groups -OCH3 is 1. The Morgan fingerprint density at radius 3 is 2.26 bits per heavy atom. The highest BCUT2D eigenvalue weighted by Gasteiger charge is 2.31. The van der Waals surface area contributed by atoms with E-state index in [1.54, 1.807) is 30.7 Å². The normalized spacial score (nSPS) is 10.8. The first-order valence-electron chi connectivity index (χ1n) is 6.51. The van der Waals surface area contributed by atoms with Crippen molar-refractivity contribution in [1.29, 1.82) is 0 Å². The highest BCUT2D eigenvalue weighted by Crippen LogP contribution is 2.33. The van der Waals surface area contributed by atoms with Crippen LogP contribution in [0.5, 0.6) is 11.5 Å². The number of hydrogen-bond acceptors (Lipinski definition) is 4. The van der Waals surface area contributed by atoms with E-state index in [0.717, 1.165) is 11.1 Å². The van der Waals surface area contributed by atoms with Crippen LogP contribution in [0.25, 0.3) is 10.1 Å². The molecule has 2 aromatic carbocycles. The summed E-state index contributed by atoms with van der Waals surface area (Å²) in [5, 5.41) is 2.49. The van der Waals surface area contributed by atoms with Gasteiger partial charge in [0, 0.05) is 0 Å². The number of hydrogen-bond donors (Lipinski definition) is 1. The molecule has 7 heteroatoms. The molecule has 0 saturated carbocycles. The number of thiophene rings is 1. The maximum Gasteiger partial charge on any atom is 0.573 e. The van der Waals surface area contributed by atoms with Crippen LogP contribution in [0.3, 0.4) is 0 Å². The lowest BCUT2D eigenvalue weighted by molar-refractivity contribution is -0.274. The van der Waals surface area contributed by atoms with Gasteiger partial charge in [-0.1, -0.05) is 24.3 Å². The lowest BCUT2D eigenvalue weighted by Gasteiger charge is -2.08. The lowest BCUT2D eigenvalue weighted by atomic mass is 10.2. The van der Waals surface area contributed by atoms with Gasteiger partial charge in [0.25, 0.3) is 0 Å². The summed E-state index contributed by atoms with van der Waals surface area (Å²) in [6.07, 6.45) is -4.63. The van der Waals surface area contributed by atoms with Gasteiger partial charge in [-0.15, -0.1) is 24.5 Å². The van der Waals surface area contributed by atoms with Gasteiger partial charge in [0.15, 0.2) is 0 Å². The van der Waals surface area contributed by atoms with Crippen LogP contribution in [0.2, 0.25) is 0 Å². The third-order valence-corrected chi connectivity index (χ3v) is 3.75. The molecule has 0 aliphatic carbocycles. The van der Waals surface area contributed by atoms with Crippen molar-refractivity contribution < 1.29 is 22.6 Å². The molecule has 0 aliphatic rings. The summed E-state index contributed by atoms with van der Waals surface area (Å²) in [6, 6.07) is 13.7. The van der Waals surface area contributed by atoms with Crippen molar-refractivity contribution in [2.24, 2.45) is 0 Å². The number of anilines is 1. The molecule has 0 atom stereocenters. The minimum absolute atomic E-state index is 0.134. The van der Waals surface area contributed by atoms with E-state index in [1.807, 2.05) is 18.2 Å². The fraction of sp³-hybridized carbons (Fsp3) is 0.125. The maximum absolute atomic E-state index is 12.0. The van der Waals surface area contributed by atoms with Crippen LogP contribution >= 0.6 is 11.3 Å². The fourth-order valence-electron chi connectivity index (χ4n) is 1.84. The van der Waals surface area contributed by atoms with Gasteiger partial charge in [-0.05, 0) is 35.0 Å². The molecule has 0 bridgehead atoms. The Morgan fingerprint density at radius 2 is 1.65 bits per heavy atom. The van der Waals surface area contributed by atoms with Gasteiger partial charge in [0.1, 0.15) is 11.5 Å². The quantitative estimate of drug-likeness (QED) is 0.661. The zero-order valence-corrected chi connectivity index (χ0v) is 12.9. The SMILES string of the molecule is COc1ccccc1N.FC(F)(F)Oc1cccc2ccsc12. The summed E-state index contributed by atoms with van der Waals surface area (Å²) in [6.45, 7) is 0. The standard InChI is InChI=1S/C9H5F3OS.C7H9NO/c10-9(11,12)13-7-3-1-2-6-4-5-14-8(6)7;1-9-7-5-3-2-4-6(7)8/h1-5H;2-5H,8H2,1H3. The van der Waals surface area contributed by atoms with Crippen LogP contribution in [0.4, 0.5) is 18.9 Å². The van der Waals surface area contributed by atoms with Gasteiger partial charge in [-0.25, -0.2) is 0 Å². The van der Waals surface area contributed by atoms with Crippen LogP contribution in [0.1, 0.15) is 0 Å². The molecule has 0 radical (unpaired) electrons. The van der Waals surface area contributed by atoms with Crippen LogP contribution in [-0.2, 0) is 0 Å². The zero-order chi connectivity index (χ0) is 16.9. The van der Waals surface area contributed by atoms with Crippen molar-refractivity contribution in [3.05, 3.63) is 53.9 Å². The first kappa shape index (κ1) is 17.0. The molecule has 1 aromatic heterocycles. The lowest BCUT2D eigenvalue weighted by Crippen LogP contribution is -2.17. The average Bonchev–Trinajstić information content (AvgIpc) is 2.97. The van der Waals surface area contributed by atoms with E-state index >= 15 is 0 Å². The molecule has 3 aromatic rings. The molecule has 0 amide bonds. The Bertz CT molecular complexity index is 771. The number of ether oxygens (including phenoxy) is 2. The van der Waals surface area contributed by atoms with Crippen molar-refractivity contribution in [1.82, 2.24) is 0 Å². The second-order valence-electron chi connectivity index (χ2n) is 4.38. The third-order valence-electron chi connectivity index (χ3n) is 2.81. The number of rotatable bonds is 2. The number of benzene rings is 2. The minimum atomic E-state index is -4.63. The van der Waals surface area contributed by atoms with E-state index in [9.17, 15) is 13.2 Å². The highest BCUT2D eigenvalue weighted by atomic mass is 32.1. The topological polar surface area (TPSA) is 44.5 Å².